The van der Waals surface area contributed by atoms with Crippen LogP contribution in [0.3, 0.4) is 0 Å². The quantitative estimate of drug-likeness (QED) is 0.275. The van der Waals surface area contributed by atoms with Crippen molar-refractivity contribution in [2.45, 2.75) is 38.3 Å². The number of carbonyl (C=O) groups excluding carboxylic acids is 2. The first-order valence-electron chi connectivity index (χ1n) is 11.6. The maximum Gasteiger partial charge on any atom is 0.350 e. The molecule has 1 aromatic carbocycles. The number of anilines is 3. The number of aryl methyl sites for hydroxylation is 1. The number of primary sulfonamides is 1. The van der Waals surface area contributed by atoms with Gasteiger partial charge in [-0.05, 0) is 31.5 Å². The van der Waals surface area contributed by atoms with Crippen LogP contribution in [0.25, 0.3) is 0 Å². The summed E-state index contributed by atoms with van der Waals surface area (Å²) < 4.78 is 28.1. The zero-order chi connectivity index (χ0) is 27.4. The number of aliphatic hydroxyl groups excluding tert-OH is 1. The number of esters is 1. The molecule has 0 unspecified atom stereocenters. The Balaban J connectivity index is 1.61. The molecule has 3 heterocycles. The van der Waals surface area contributed by atoms with Gasteiger partial charge in [0.05, 0.1) is 29.4 Å². The number of thiazole rings is 1. The predicted molar refractivity (Wildman–Crippen MR) is 139 cm³/mol. The van der Waals surface area contributed by atoms with E-state index in [1.807, 2.05) is 0 Å². The van der Waals surface area contributed by atoms with Crippen molar-refractivity contribution in [3.05, 3.63) is 51.7 Å². The number of benzene rings is 1. The Hall–Kier alpha value is -3.66. The normalized spacial score (nSPS) is 13.1. The molecule has 1 aliphatic heterocycles. The molecule has 0 atom stereocenters. The van der Waals surface area contributed by atoms with E-state index in [9.17, 15) is 23.1 Å². The number of nitrogens with zero attached hydrogens (tertiary/aromatic N) is 4. The average Bonchev–Trinajstić information content (AvgIpc) is 3.26. The van der Waals surface area contributed by atoms with Crippen molar-refractivity contribution in [2.24, 2.45) is 5.14 Å². The molecule has 0 bridgehead atoms. The van der Waals surface area contributed by atoms with Crippen LogP contribution in [-0.4, -0.2) is 65.0 Å². The molecule has 3 aromatic rings. The number of amides is 1. The zero-order valence-electron chi connectivity index (χ0n) is 20.7. The first-order valence-corrected chi connectivity index (χ1v) is 14.0. The fourth-order valence-corrected chi connectivity index (χ4v) is 5.21. The molecular formula is C23H27N7O6S2. The molecule has 0 spiro atoms. The van der Waals surface area contributed by atoms with Crippen molar-refractivity contribution < 1.29 is 27.9 Å². The van der Waals surface area contributed by atoms with Gasteiger partial charge in [-0.25, -0.2) is 28.3 Å². The van der Waals surface area contributed by atoms with E-state index in [1.54, 1.807) is 26.0 Å². The van der Waals surface area contributed by atoms with Gasteiger partial charge in [0.15, 0.2) is 5.13 Å². The second kappa shape index (κ2) is 11.4. The van der Waals surface area contributed by atoms with Crippen LogP contribution >= 0.6 is 11.3 Å². The van der Waals surface area contributed by atoms with Crippen LogP contribution < -0.4 is 15.8 Å². The molecule has 0 aliphatic carbocycles. The molecular weight excluding hydrogens is 534 g/mol. The number of carbonyl (C=O) groups is 2. The molecule has 1 amide bonds. The van der Waals surface area contributed by atoms with E-state index < -0.39 is 28.5 Å². The summed E-state index contributed by atoms with van der Waals surface area (Å²) >= 11 is 1.13. The smallest absolute Gasteiger partial charge is 0.350 e. The zero-order valence-corrected chi connectivity index (χ0v) is 22.4. The van der Waals surface area contributed by atoms with Crippen molar-refractivity contribution in [3.8, 4) is 0 Å². The molecule has 0 fully saturated rings. The van der Waals surface area contributed by atoms with Gasteiger partial charge in [0.25, 0.3) is 0 Å². The largest absolute Gasteiger partial charge is 0.462 e. The van der Waals surface area contributed by atoms with E-state index in [2.05, 4.69) is 25.6 Å². The summed E-state index contributed by atoms with van der Waals surface area (Å²) in [5.74, 6) is -0.136. The van der Waals surface area contributed by atoms with E-state index in [1.165, 1.54) is 17.0 Å². The van der Waals surface area contributed by atoms with Gasteiger partial charge in [-0.3, -0.25) is 10.1 Å². The number of aliphatic hydroxyl groups is 1. The molecule has 1 aliphatic rings. The number of nitrogens with two attached hydrogens (primary N) is 1. The number of hydrogen-bond acceptors (Lipinski definition) is 12. The van der Waals surface area contributed by atoms with Gasteiger partial charge in [-0.1, -0.05) is 23.5 Å². The SMILES string of the molecule is CCOC(=O)c1sc(Nc2nc3c(c(NCc4ccc(S(N)(=O)=O)cc4)n2)CN(C(=O)CO)CC3)nc1C. The number of sulfonamides is 1. The standard InChI is InChI=1S/C23H27N7O6S2/c1-3-36-21(33)19-13(2)26-23(37-19)29-22-27-17-8-9-30(18(32)12-31)11-16(17)20(28-22)25-10-14-4-6-15(7-5-14)38(24,34)35/h4-7,31H,3,8-12H2,1-2H3,(H2,24,34,35)(H2,25,26,27,28,29). The van der Waals surface area contributed by atoms with Gasteiger partial charge in [0.2, 0.25) is 21.9 Å². The second-order valence-electron chi connectivity index (χ2n) is 8.37. The fourth-order valence-electron chi connectivity index (χ4n) is 3.84. The first-order chi connectivity index (χ1) is 18.1. The summed E-state index contributed by atoms with van der Waals surface area (Å²) in [7, 11) is -3.80. The van der Waals surface area contributed by atoms with E-state index in [4.69, 9.17) is 9.88 Å². The van der Waals surface area contributed by atoms with Crippen LogP contribution in [0.2, 0.25) is 0 Å². The van der Waals surface area contributed by atoms with Crippen LogP contribution in [0.4, 0.5) is 16.9 Å². The highest BCUT2D eigenvalue weighted by molar-refractivity contribution is 7.89. The fraction of sp³-hybridized carbons (Fsp3) is 0.348. The monoisotopic (exact) mass is 561 g/mol. The maximum atomic E-state index is 12.2. The predicted octanol–water partition coefficient (Wildman–Crippen LogP) is 1.30. The van der Waals surface area contributed by atoms with Gasteiger partial charge < -0.3 is 20.1 Å². The lowest BCUT2D eigenvalue weighted by atomic mass is 10.1. The molecule has 202 valence electrons. The minimum Gasteiger partial charge on any atom is -0.462 e. The van der Waals surface area contributed by atoms with E-state index in [0.29, 0.717) is 46.6 Å². The first kappa shape index (κ1) is 27.4. The van der Waals surface area contributed by atoms with Gasteiger partial charge in [-0.15, -0.1) is 0 Å². The Morgan fingerprint density at radius 1 is 1.21 bits per heavy atom. The van der Waals surface area contributed by atoms with Crippen molar-refractivity contribution in [1.29, 1.82) is 0 Å². The van der Waals surface area contributed by atoms with Crippen molar-refractivity contribution in [1.82, 2.24) is 19.9 Å². The van der Waals surface area contributed by atoms with Crippen LogP contribution in [-0.2, 0) is 39.1 Å². The topological polar surface area (TPSA) is 190 Å². The average molecular weight is 562 g/mol. The molecule has 0 radical (unpaired) electrons. The highest BCUT2D eigenvalue weighted by Crippen LogP contribution is 2.29. The Kier molecular flexibility index (Phi) is 8.20. The Morgan fingerprint density at radius 3 is 2.61 bits per heavy atom. The summed E-state index contributed by atoms with van der Waals surface area (Å²) in [6.07, 6.45) is 0.445. The van der Waals surface area contributed by atoms with E-state index >= 15 is 0 Å². The summed E-state index contributed by atoms with van der Waals surface area (Å²) in [5, 5.41) is 21.2. The lowest BCUT2D eigenvalue weighted by molar-refractivity contribution is -0.135. The van der Waals surface area contributed by atoms with Crippen LogP contribution in [0.15, 0.2) is 29.2 Å². The highest BCUT2D eigenvalue weighted by atomic mass is 32.2. The van der Waals surface area contributed by atoms with Gasteiger partial charge >= 0.3 is 5.97 Å². The number of nitrogens with one attached hydrogen (secondary N) is 2. The molecule has 0 saturated heterocycles. The minimum absolute atomic E-state index is 0.00578. The number of rotatable bonds is 9. The summed E-state index contributed by atoms with van der Waals surface area (Å²) in [4.78, 5) is 39.8. The molecule has 38 heavy (non-hydrogen) atoms. The van der Waals surface area contributed by atoms with Crippen LogP contribution in [0.1, 0.15) is 39.1 Å². The Labute approximate surface area is 223 Å². The maximum absolute atomic E-state index is 12.2. The number of hydrogen-bond donors (Lipinski definition) is 4. The highest BCUT2D eigenvalue weighted by Gasteiger charge is 2.26. The molecule has 4 rings (SSSR count). The van der Waals surface area contributed by atoms with E-state index in [-0.39, 0.29) is 24.0 Å². The molecule has 13 nitrogen and oxygen atoms in total. The van der Waals surface area contributed by atoms with Gasteiger partial charge in [0.1, 0.15) is 17.3 Å². The third-order valence-electron chi connectivity index (χ3n) is 5.74. The summed E-state index contributed by atoms with van der Waals surface area (Å²) in [5.41, 5.74) is 2.71. The lowest BCUT2D eigenvalue weighted by Crippen LogP contribution is -2.38. The van der Waals surface area contributed by atoms with E-state index in [0.717, 1.165) is 22.6 Å². The molecule has 0 saturated carbocycles. The molecule has 5 N–H and O–H groups in total. The van der Waals surface area contributed by atoms with Crippen LogP contribution in [0, 0.1) is 6.92 Å². The Bertz CT molecular complexity index is 1460. The lowest BCUT2D eigenvalue weighted by Gasteiger charge is -2.29. The third kappa shape index (κ3) is 6.24. The third-order valence-corrected chi connectivity index (χ3v) is 7.72. The number of aromatic nitrogens is 3. The molecule has 15 heteroatoms. The van der Waals surface area contributed by atoms with Crippen LogP contribution in [0.5, 0.6) is 0 Å². The summed E-state index contributed by atoms with van der Waals surface area (Å²) in [6, 6.07) is 6.11. The number of ether oxygens (including phenoxy) is 1. The van der Waals surface area contributed by atoms with Crippen molar-refractivity contribution in [2.75, 3.05) is 30.4 Å². The number of fused-ring (bicyclic) bond motifs is 1. The second-order valence-corrected chi connectivity index (χ2v) is 10.9. The van der Waals surface area contributed by atoms with Crippen molar-refractivity contribution >= 4 is 50.1 Å². The van der Waals surface area contributed by atoms with Gasteiger partial charge in [-0.2, -0.15) is 4.98 Å². The minimum atomic E-state index is -3.80. The Morgan fingerprint density at radius 2 is 1.95 bits per heavy atom. The summed E-state index contributed by atoms with van der Waals surface area (Å²) in [6.45, 7) is 4.00. The van der Waals surface area contributed by atoms with Gasteiger partial charge in [0, 0.05) is 25.1 Å². The molecule has 2 aromatic heterocycles. The van der Waals surface area contributed by atoms with Crippen molar-refractivity contribution in [3.63, 3.8) is 0 Å².